The molecule has 2 aromatic carbocycles. The average molecular weight is 280 g/mol. The molecule has 0 bridgehead atoms. The Morgan fingerprint density at radius 1 is 1.05 bits per heavy atom. The van der Waals surface area contributed by atoms with E-state index >= 15 is 0 Å². The van der Waals surface area contributed by atoms with Gasteiger partial charge in [-0.25, -0.2) is 4.98 Å². The summed E-state index contributed by atoms with van der Waals surface area (Å²) in [6.07, 6.45) is 0.168. The van der Waals surface area contributed by atoms with E-state index in [2.05, 4.69) is 31.0 Å². The van der Waals surface area contributed by atoms with Gasteiger partial charge in [-0.05, 0) is 63.1 Å². The minimum Gasteiger partial charge on any atom is -0.491 e. The molecule has 0 saturated heterocycles. The van der Waals surface area contributed by atoms with Crippen molar-refractivity contribution in [2.75, 3.05) is 0 Å². The van der Waals surface area contributed by atoms with Crippen molar-refractivity contribution in [2.24, 2.45) is 0 Å². The lowest BCUT2D eigenvalue weighted by Gasteiger charge is -2.10. The first-order valence-corrected chi connectivity index (χ1v) is 7.27. The van der Waals surface area contributed by atoms with Gasteiger partial charge in [0, 0.05) is 5.56 Å². The molecule has 108 valence electrons. The third-order valence-corrected chi connectivity index (χ3v) is 3.58. The Bertz CT molecular complexity index is 748. The van der Waals surface area contributed by atoms with Gasteiger partial charge in [0.1, 0.15) is 11.6 Å². The van der Waals surface area contributed by atoms with Crippen molar-refractivity contribution in [3.05, 3.63) is 47.5 Å². The Balaban J connectivity index is 2.04. The second kappa shape index (κ2) is 5.24. The van der Waals surface area contributed by atoms with Gasteiger partial charge < -0.3 is 9.72 Å². The standard InChI is InChI=1S/C18H20N2O/c1-11(2)21-15-7-5-6-14(10-15)18-19-16-8-12(3)13(4)9-17(16)20-18/h5-11H,1-4H3,(H,19,20). The van der Waals surface area contributed by atoms with Gasteiger partial charge in [-0.1, -0.05) is 12.1 Å². The molecule has 3 aromatic rings. The van der Waals surface area contributed by atoms with E-state index in [1.807, 2.05) is 38.1 Å². The predicted molar refractivity (Wildman–Crippen MR) is 86.8 cm³/mol. The topological polar surface area (TPSA) is 37.9 Å². The molecule has 0 aliphatic heterocycles. The molecule has 3 rings (SSSR count). The normalized spacial score (nSPS) is 11.3. The number of fused-ring (bicyclic) bond motifs is 1. The number of aromatic nitrogens is 2. The van der Waals surface area contributed by atoms with Crippen LogP contribution in [0.1, 0.15) is 25.0 Å². The van der Waals surface area contributed by atoms with Crippen LogP contribution in [0.25, 0.3) is 22.4 Å². The van der Waals surface area contributed by atoms with E-state index in [-0.39, 0.29) is 6.10 Å². The van der Waals surface area contributed by atoms with E-state index < -0.39 is 0 Å². The molecule has 0 amide bonds. The summed E-state index contributed by atoms with van der Waals surface area (Å²) in [5, 5.41) is 0. The van der Waals surface area contributed by atoms with Gasteiger partial charge in [0.2, 0.25) is 0 Å². The van der Waals surface area contributed by atoms with Crippen LogP contribution >= 0.6 is 0 Å². The van der Waals surface area contributed by atoms with Gasteiger partial charge in [0.25, 0.3) is 0 Å². The Morgan fingerprint density at radius 2 is 1.81 bits per heavy atom. The van der Waals surface area contributed by atoms with Crippen LogP contribution in [-0.4, -0.2) is 16.1 Å². The maximum absolute atomic E-state index is 5.75. The summed E-state index contributed by atoms with van der Waals surface area (Å²) in [4.78, 5) is 8.09. The van der Waals surface area contributed by atoms with Crippen molar-refractivity contribution < 1.29 is 4.74 Å². The van der Waals surface area contributed by atoms with E-state index in [1.165, 1.54) is 11.1 Å². The molecule has 1 N–H and O–H groups in total. The van der Waals surface area contributed by atoms with Gasteiger partial charge >= 0.3 is 0 Å². The van der Waals surface area contributed by atoms with Crippen molar-refractivity contribution >= 4 is 11.0 Å². The highest BCUT2D eigenvalue weighted by Gasteiger charge is 2.08. The zero-order valence-corrected chi connectivity index (χ0v) is 12.9. The highest BCUT2D eigenvalue weighted by molar-refractivity contribution is 5.81. The van der Waals surface area contributed by atoms with Crippen LogP contribution in [0.4, 0.5) is 0 Å². The predicted octanol–water partition coefficient (Wildman–Crippen LogP) is 4.63. The maximum Gasteiger partial charge on any atom is 0.138 e. The molecule has 1 heterocycles. The summed E-state index contributed by atoms with van der Waals surface area (Å²) in [5.74, 6) is 1.75. The van der Waals surface area contributed by atoms with Gasteiger partial charge in [-0.2, -0.15) is 0 Å². The summed E-state index contributed by atoms with van der Waals surface area (Å²) < 4.78 is 5.75. The molecule has 0 atom stereocenters. The van der Waals surface area contributed by atoms with Gasteiger partial charge in [-0.15, -0.1) is 0 Å². The molecule has 1 aromatic heterocycles. The monoisotopic (exact) mass is 280 g/mol. The molecule has 21 heavy (non-hydrogen) atoms. The van der Waals surface area contributed by atoms with E-state index in [1.54, 1.807) is 0 Å². The van der Waals surface area contributed by atoms with Crippen molar-refractivity contribution in [3.8, 4) is 17.1 Å². The van der Waals surface area contributed by atoms with Crippen molar-refractivity contribution in [1.82, 2.24) is 9.97 Å². The molecule has 3 nitrogen and oxygen atoms in total. The summed E-state index contributed by atoms with van der Waals surface area (Å²) in [6, 6.07) is 12.3. The fraction of sp³-hybridized carbons (Fsp3) is 0.278. The minimum atomic E-state index is 0.168. The fourth-order valence-corrected chi connectivity index (χ4v) is 2.40. The van der Waals surface area contributed by atoms with Gasteiger partial charge in [0.15, 0.2) is 0 Å². The molecule has 0 fully saturated rings. The zero-order valence-electron chi connectivity index (χ0n) is 12.9. The first-order valence-electron chi connectivity index (χ1n) is 7.27. The third-order valence-electron chi connectivity index (χ3n) is 3.58. The number of aromatic amines is 1. The van der Waals surface area contributed by atoms with E-state index in [9.17, 15) is 0 Å². The fourth-order valence-electron chi connectivity index (χ4n) is 2.40. The number of ether oxygens (including phenoxy) is 1. The molecule has 0 aliphatic rings. The van der Waals surface area contributed by atoms with Crippen LogP contribution in [0.3, 0.4) is 0 Å². The highest BCUT2D eigenvalue weighted by atomic mass is 16.5. The molecular weight excluding hydrogens is 260 g/mol. The number of rotatable bonds is 3. The highest BCUT2D eigenvalue weighted by Crippen LogP contribution is 2.26. The first kappa shape index (κ1) is 13.7. The first-order chi connectivity index (χ1) is 10.0. The van der Waals surface area contributed by atoms with Crippen LogP contribution in [0.5, 0.6) is 5.75 Å². The third kappa shape index (κ3) is 2.77. The Labute approximate surface area is 125 Å². The lowest BCUT2D eigenvalue weighted by atomic mass is 10.1. The Hall–Kier alpha value is -2.29. The number of nitrogens with zero attached hydrogens (tertiary/aromatic N) is 1. The number of hydrogen-bond acceptors (Lipinski definition) is 2. The second-order valence-electron chi connectivity index (χ2n) is 5.73. The summed E-state index contributed by atoms with van der Waals surface area (Å²) in [6.45, 7) is 8.28. The quantitative estimate of drug-likeness (QED) is 0.759. The van der Waals surface area contributed by atoms with Crippen molar-refractivity contribution in [1.29, 1.82) is 0 Å². The van der Waals surface area contributed by atoms with E-state index in [0.29, 0.717) is 0 Å². The smallest absolute Gasteiger partial charge is 0.138 e. The number of H-pyrrole nitrogens is 1. The SMILES string of the molecule is Cc1cc2nc(-c3cccc(OC(C)C)c3)[nH]c2cc1C. The van der Waals surface area contributed by atoms with Crippen LogP contribution < -0.4 is 4.74 Å². The maximum atomic E-state index is 5.75. The average Bonchev–Trinajstić information content (AvgIpc) is 2.82. The number of aryl methyl sites for hydroxylation is 2. The van der Waals surface area contributed by atoms with Crippen LogP contribution in [-0.2, 0) is 0 Å². The zero-order chi connectivity index (χ0) is 15.0. The minimum absolute atomic E-state index is 0.168. The number of hydrogen-bond donors (Lipinski definition) is 1. The summed E-state index contributed by atoms with van der Waals surface area (Å²) in [5.41, 5.74) is 5.65. The molecule has 0 radical (unpaired) electrons. The lowest BCUT2D eigenvalue weighted by molar-refractivity contribution is 0.242. The van der Waals surface area contributed by atoms with Gasteiger partial charge in [0.05, 0.1) is 17.1 Å². The molecule has 0 spiro atoms. The van der Waals surface area contributed by atoms with Crippen LogP contribution in [0.2, 0.25) is 0 Å². The van der Waals surface area contributed by atoms with E-state index in [0.717, 1.165) is 28.2 Å². The molecule has 3 heteroatoms. The van der Waals surface area contributed by atoms with Crippen LogP contribution in [0.15, 0.2) is 36.4 Å². The second-order valence-corrected chi connectivity index (χ2v) is 5.73. The largest absolute Gasteiger partial charge is 0.491 e. The van der Waals surface area contributed by atoms with Gasteiger partial charge in [-0.3, -0.25) is 0 Å². The summed E-state index contributed by atoms with van der Waals surface area (Å²) in [7, 11) is 0. The molecule has 0 aliphatic carbocycles. The lowest BCUT2D eigenvalue weighted by Crippen LogP contribution is -2.05. The molecule has 0 saturated carbocycles. The summed E-state index contributed by atoms with van der Waals surface area (Å²) >= 11 is 0. The van der Waals surface area contributed by atoms with E-state index in [4.69, 9.17) is 9.72 Å². The molecule has 0 unspecified atom stereocenters. The van der Waals surface area contributed by atoms with Crippen molar-refractivity contribution in [3.63, 3.8) is 0 Å². The number of nitrogens with one attached hydrogen (secondary N) is 1. The Morgan fingerprint density at radius 3 is 2.57 bits per heavy atom. The Kier molecular flexibility index (Phi) is 3.42. The molecular formula is C18H20N2O. The van der Waals surface area contributed by atoms with Crippen molar-refractivity contribution in [2.45, 2.75) is 33.8 Å². The number of benzene rings is 2. The number of imidazole rings is 1. The van der Waals surface area contributed by atoms with Crippen LogP contribution in [0, 0.1) is 13.8 Å².